The summed E-state index contributed by atoms with van der Waals surface area (Å²) in [6.45, 7) is 2.25. The number of aromatic nitrogens is 1. The standard InChI is InChI=1S/C17H22N2O/c1-12-6-2-4-8-15(12)19-17(20)10-13-11-18-16-9-5-3-7-14(13)16/h3,5,7,9,11-12,15,18H,2,4,6,8,10H2,1H3,(H,19,20). The Kier molecular flexibility index (Phi) is 3.77. The lowest BCUT2D eigenvalue weighted by molar-refractivity contribution is -0.121. The summed E-state index contributed by atoms with van der Waals surface area (Å²) in [5.74, 6) is 0.754. The average Bonchev–Trinajstić information content (AvgIpc) is 2.85. The SMILES string of the molecule is CC1CCCCC1NC(=O)Cc1c[nH]c2ccccc12. The zero-order chi connectivity index (χ0) is 13.9. The van der Waals surface area contributed by atoms with E-state index in [0.717, 1.165) is 22.9 Å². The summed E-state index contributed by atoms with van der Waals surface area (Å²) in [4.78, 5) is 15.5. The lowest BCUT2D eigenvalue weighted by atomic mass is 9.86. The van der Waals surface area contributed by atoms with Crippen molar-refractivity contribution in [1.29, 1.82) is 0 Å². The van der Waals surface area contributed by atoms with Crippen molar-refractivity contribution in [3.8, 4) is 0 Å². The molecule has 106 valence electrons. The van der Waals surface area contributed by atoms with Crippen LogP contribution in [0.15, 0.2) is 30.5 Å². The molecule has 2 aromatic rings. The molecule has 3 nitrogen and oxygen atoms in total. The van der Waals surface area contributed by atoms with Gasteiger partial charge in [-0.3, -0.25) is 4.79 Å². The molecule has 20 heavy (non-hydrogen) atoms. The third-order valence-electron chi connectivity index (χ3n) is 4.48. The van der Waals surface area contributed by atoms with Gasteiger partial charge in [-0.1, -0.05) is 38.0 Å². The molecule has 1 heterocycles. The fraction of sp³-hybridized carbons (Fsp3) is 0.471. The Morgan fingerprint density at radius 2 is 2.10 bits per heavy atom. The van der Waals surface area contributed by atoms with Gasteiger partial charge in [0, 0.05) is 23.1 Å². The Balaban J connectivity index is 1.66. The van der Waals surface area contributed by atoms with E-state index in [9.17, 15) is 4.79 Å². The number of hydrogen-bond acceptors (Lipinski definition) is 1. The van der Waals surface area contributed by atoms with Gasteiger partial charge in [-0.2, -0.15) is 0 Å². The summed E-state index contributed by atoms with van der Waals surface area (Å²) in [7, 11) is 0. The van der Waals surface area contributed by atoms with Gasteiger partial charge in [0.1, 0.15) is 0 Å². The number of fused-ring (bicyclic) bond motifs is 1. The Bertz CT molecular complexity index is 602. The molecule has 1 amide bonds. The number of H-pyrrole nitrogens is 1. The van der Waals surface area contributed by atoms with Gasteiger partial charge in [-0.15, -0.1) is 0 Å². The number of carbonyl (C=O) groups excluding carboxylic acids is 1. The number of para-hydroxylation sites is 1. The first-order valence-electron chi connectivity index (χ1n) is 7.58. The first kappa shape index (κ1) is 13.2. The first-order chi connectivity index (χ1) is 9.74. The Morgan fingerprint density at radius 3 is 2.95 bits per heavy atom. The molecule has 0 radical (unpaired) electrons. The van der Waals surface area contributed by atoms with Gasteiger partial charge in [0.2, 0.25) is 5.91 Å². The van der Waals surface area contributed by atoms with Crippen LogP contribution in [0.2, 0.25) is 0 Å². The van der Waals surface area contributed by atoms with Crippen molar-refractivity contribution in [3.05, 3.63) is 36.0 Å². The highest BCUT2D eigenvalue weighted by molar-refractivity contribution is 5.88. The summed E-state index contributed by atoms with van der Waals surface area (Å²) in [5, 5.41) is 4.37. The number of rotatable bonds is 3. The van der Waals surface area contributed by atoms with Crippen molar-refractivity contribution in [2.24, 2.45) is 5.92 Å². The van der Waals surface area contributed by atoms with E-state index in [1.807, 2.05) is 24.4 Å². The van der Waals surface area contributed by atoms with Crippen LogP contribution in [0.1, 0.15) is 38.2 Å². The van der Waals surface area contributed by atoms with Crippen molar-refractivity contribution >= 4 is 16.8 Å². The quantitative estimate of drug-likeness (QED) is 0.882. The van der Waals surface area contributed by atoms with Crippen LogP contribution in [0.4, 0.5) is 0 Å². The molecule has 0 bridgehead atoms. The molecule has 3 heteroatoms. The largest absolute Gasteiger partial charge is 0.361 e. The molecule has 0 spiro atoms. The Labute approximate surface area is 119 Å². The van der Waals surface area contributed by atoms with Gasteiger partial charge >= 0.3 is 0 Å². The number of benzene rings is 1. The molecule has 1 aliphatic rings. The monoisotopic (exact) mass is 270 g/mol. The molecule has 3 rings (SSSR count). The third kappa shape index (κ3) is 2.72. The molecule has 1 saturated carbocycles. The van der Waals surface area contributed by atoms with Crippen LogP contribution in [0.25, 0.3) is 10.9 Å². The molecule has 1 aliphatic carbocycles. The average molecular weight is 270 g/mol. The lowest BCUT2D eigenvalue weighted by Crippen LogP contribution is -2.41. The highest BCUT2D eigenvalue weighted by atomic mass is 16.1. The molecule has 1 fully saturated rings. The Hall–Kier alpha value is -1.77. The van der Waals surface area contributed by atoms with Crippen LogP contribution < -0.4 is 5.32 Å². The molecular formula is C17H22N2O. The van der Waals surface area contributed by atoms with Gasteiger partial charge in [0.25, 0.3) is 0 Å². The van der Waals surface area contributed by atoms with E-state index < -0.39 is 0 Å². The summed E-state index contributed by atoms with van der Waals surface area (Å²) >= 11 is 0. The maximum atomic E-state index is 12.2. The Morgan fingerprint density at radius 1 is 1.30 bits per heavy atom. The molecule has 0 saturated heterocycles. The number of aromatic amines is 1. The summed E-state index contributed by atoms with van der Waals surface area (Å²) < 4.78 is 0. The summed E-state index contributed by atoms with van der Waals surface area (Å²) in [6.07, 6.45) is 7.32. The van der Waals surface area contributed by atoms with E-state index in [2.05, 4.69) is 23.3 Å². The van der Waals surface area contributed by atoms with Crippen molar-refractivity contribution in [2.75, 3.05) is 0 Å². The number of carbonyl (C=O) groups is 1. The zero-order valence-corrected chi connectivity index (χ0v) is 12.0. The summed E-state index contributed by atoms with van der Waals surface area (Å²) in [5.41, 5.74) is 2.18. The van der Waals surface area contributed by atoms with Crippen molar-refractivity contribution in [2.45, 2.75) is 45.1 Å². The fourth-order valence-electron chi connectivity index (χ4n) is 3.24. The van der Waals surface area contributed by atoms with E-state index in [1.54, 1.807) is 0 Å². The zero-order valence-electron chi connectivity index (χ0n) is 12.0. The molecule has 1 aromatic heterocycles. The minimum atomic E-state index is 0.147. The maximum absolute atomic E-state index is 12.2. The molecule has 1 aromatic carbocycles. The second-order valence-corrected chi connectivity index (χ2v) is 5.97. The van der Waals surface area contributed by atoms with Crippen molar-refractivity contribution in [3.63, 3.8) is 0 Å². The highest BCUT2D eigenvalue weighted by Crippen LogP contribution is 2.24. The van der Waals surface area contributed by atoms with Crippen LogP contribution >= 0.6 is 0 Å². The molecule has 0 aliphatic heterocycles. The van der Waals surface area contributed by atoms with Crippen molar-refractivity contribution in [1.82, 2.24) is 10.3 Å². The second-order valence-electron chi connectivity index (χ2n) is 5.97. The van der Waals surface area contributed by atoms with Crippen LogP contribution in [0.3, 0.4) is 0 Å². The van der Waals surface area contributed by atoms with E-state index in [0.29, 0.717) is 18.4 Å². The van der Waals surface area contributed by atoms with Crippen LogP contribution in [0, 0.1) is 5.92 Å². The number of nitrogens with one attached hydrogen (secondary N) is 2. The van der Waals surface area contributed by atoms with E-state index >= 15 is 0 Å². The first-order valence-corrected chi connectivity index (χ1v) is 7.58. The predicted molar refractivity (Wildman–Crippen MR) is 81.6 cm³/mol. The molecule has 2 atom stereocenters. The minimum absolute atomic E-state index is 0.147. The van der Waals surface area contributed by atoms with Gasteiger partial charge in [-0.25, -0.2) is 0 Å². The van der Waals surface area contributed by atoms with Crippen LogP contribution in [-0.2, 0) is 11.2 Å². The lowest BCUT2D eigenvalue weighted by Gasteiger charge is -2.29. The van der Waals surface area contributed by atoms with Crippen molar-refractivity contribution < 1.29 is 4.79 Å². The third-order valence-corrected chi connectivity index (χ3v) is 4.48. The van der Waals surface area contributed by atoms with Crippen LogP contribution in [-0.4, -0.2) is 16.9 Å². The van der Waals surface area contributed by atoms with E-state index in [4.69, 9.17) is 0 Å². The molecule has 2 N–H and O–H groups in total. The second kappa shape index (κ2) is 5.70. The number of amides is 1. The predicted octanol–water partition coefficient (Wildman–Crippen LogP) is 3.41. The topological polar surface area (TPSA) is 44.9 Å². The highest BCUT2D eigenvalue weighted by Gasteiger charge is 2.22. The van der Waals surface area contributed by atoms with Gasteiger partial charge in [-0.05, 0) is 30.4 Å². The van der Waals surface area contributed by atoms with Gasteiger partial charge in [0.05, 0.1) is 6.42 Å². The maximum Gasteiger partial charge on any atom is 0.224 e. The number of hydrogen-bond donors (Lipinski definition) is 2. The van der Waals surface area contributed by atoms with Gasteiger partial charge in [0.15, 0.2) is 0 Å². The van der Waals surface area contributed by atoms with E-state index in [1.165, 1.54) is 19.3 Å². The fourth-order valence-corrected chi connectivity index (χ4v) is 3.24. The smallest absolute Gasteiger partial charge is 0.224 e. The molecular weight excluding hydrogens is 248 g/mol. The normalized spacial score (nSPS) is 22.9. The minimum Gasteiger partial charge on any atom is -0.361 e. The van der Waals surface area contributed by atoms with Gasteiger partial charge < -0.3 is 10.3 Å². The summed E-state index contributed by atoms with van der Waals surface area (Å²) in [6, 6.07) is 8.49. The van der Waals surface area contributed by atoms with Crippen LogP contribution in [0.5, 0.6) is 0 Å². The molecule has 2 unspecified atom stereocenters. The van der Waals surface area contributed by atoms with E-state index in [-0.39, 0.29) is 5.91 Å².